The molecule has 5 rings (SSSR count). The van der Waals surface area contributed by atoms with Crippen LogP contribution in [-0.4, -0.2) is 17.9 Å². The number of esters is 1. The number of fused-ring (bicyclic) bond motifs is 6. The van der Waals surface area contributed by atoms with Crippen molar-refractivity contribution >= 4 is 11.8 Å². The van der Waals surface area contributed by atoms with Crippen molar-refractivity contribution in [2.45, 2.75) is 99.0 Å². The number of cyclic esters (lactones) is 1. The lowest BCUT2D eigenvalue weighted by Crippen LogP contribution is -2.64. The van der Waals surface area contributed by atoms with Gasteiger partial charge in [0, 0.05) is 6.42 Å². The number of carbonyl (C=O) groups excluding carboxylic acids is 2. The molecule has 0 spiro atoms. The molecule has 0 N–H and O–H groups in total. The van der Waals surface area contributed by atoms with Gasteiger partial charge in [-0.05, 0) is 91.9 Å². The number of hydrogen-bond donors (Lipinski definition) is 0. The van der Waals surface area contributed by atoms with E-state index in [1.165, 1.54) is 32.1 Å². The molecule has 1 aliphatic heterocycles. The summed E-state index contributed by atoms with van der Waals surface area (Å²) < 4.78 is 5.61. The highest BCUT2D eigenvalue weighted by molar-refractivity contribution is 6.04. The number of hydrogen-bond acceptors (Lipinski definition) is 3. The first-order valence-corrected chi connectivity index (χ1v) is 11.9. The smallest absolute Gasteiger partial charge is 0.335 e. The molecule has 3 saturated carbocycles. The van der Waals surface area contributed by atoms with Crippen LogP contribution in [0, 0.1) is 39.4 Å². The first-order chi connectivity index (χ1) is 13.5. The number of rotatable bonds is 0. The summed E-state index contributed by atoms with van der Waals surface area (Å²) >= 11 is 0. The number of ketones is 1. The molecule has 3 nitrogen and oxygen atoms in total. The van der Waals surface area contributed by atoms with E-state index in [1.807, 2.05) is 6.92 Å². The van der Waals surface area contributed by atoms with Crippen molar-refractivity contribution < 1.29 is 14.3 Å². The van der Waals surface area contributed by atoms with Crippen LogP contribution >= 0.6 is 0 Å². The molecular formula is C26H38O3. The Morgan fingerprint density at radius 3 is 2.28 bits per heavy atom. The van der Waals surface area contributed by atoms with Crippen LogP contribution in [0.4, 0.5) is 0 Å². The quantitative estimate of drug-likeness (QED) is 0.480. The van der Waals surface area contributed by atoms with Crippen LogP contribution in [-0.2, 0) is 14.3 Å². The average Bonchev–Trinajstić information content (AvgIpc) is 2.91. The molecule has 0 aromatic carbocycles. The zero-order chi connectivity index (χ0) is 21.0. The summed E-state index contributed by atoms with van der Waals surface area (Å²) in [5, 5.41) is 0. The molecule has 29 heavy (non-hydrogen) atoms. The minimum Gasteiger partial charge on any atom is -0.455 e. The highest BCUT2D eigenvalue weighted by Gasteiger charge is 2.69. The summed E-state index contributed by atoms with van der Waals surface area (Å²) in [6.45, 7) is 14.0. The molecule has 0 amide bonds. The van der Waals surface area contributed by atoms with Crippen molar-refractivity contribution in [1.29, 1.82) is 0 Å². The minimum absolute atomic E-state index is 0.131. The summed E-state index contributed by atoms with van der Waals surface area (Å²) in [4.78, 5) is 26.7. The van der Waals surface area contributed by atoms with Crippen LogP contribution in [0.15, 0.2) is 11.1 Å². The lowest BCUT2D eigenvalue weighted by Gasteiger charge is -2.68. The zero-order valence-electron chi connectivity index (χ0n) is 19.2. The van der Waals surface area contributed by atoms with Crippen molar-refractivity contribution in [3.63, 3.8) is 0 Å². The molecule has 3 heteroatoms. The lowest BCUT2D eigenvalue weighted by atomic mass is 9.35. The molecule has 7 atom stereocenters. The number of Topliss-reactive ketones (excluding diaryl/α,β-unsaturated/α-hetero) is 1. The number of carbonyl (C=O) groups is 2. The maximum Gasteiger partial charge on any atom is 0.335 e. The fraction of sp³-hybridized carbons (Fsp3) is 0.846. The molecular weight excluding hydrogens is 360 g/mol. The van der Waals surface area contributed by atoms with Crippen molar-refractivity contribution in [1.82, 2.24) is 0 Å². The van der Waals surface area contributed by atoms with Gasteiger partial charge in [0.05, 0.1) is 11.0 Å². The molecule has 4 aliphatic carbocycles. The molecule has 3 fully saturated rings. The number of ether oxygens (including phenoxy) is 1. The van der Waals surface area contributed by atoms with E-state index in [1.54, 1.807) is 0 Å². The Hall–Kier alpha value is -1.12. The van der Waals surface area contributed by atoms with Crippen molar-refractivity contribution in [2.24, 2.45) is 39.4 Å². The predicted octanol–water partition coefficient (Wildman–Crippen LogP) is 5.87. The van der Waals surface area contributed by atoms with E-state index in [2.05, 4.69) is 34.6 Å². The largest absolute Gasteiger partial charge is 0.455 e. The maximum absolute atomic E-state index is 13.9. The molecule has 0 saturated heterocycles. The fourth-order valence-corrected chi connectivity index (χ4v) is 9.55. The summed E-state index contributed by atoms with van der Waals surface area (Å²) in [7, 11) is 0. The summed E-state index contributed by atoms with van der Waals surface area (Å²) in [5.74, 6) is 1.51. The van der Waals surface area contributed by atoms with Gasteiger partial charge in [0.25, 0.3) is 0 Å². The molecule has 0 radical (unpaired) electrons. The van der Waals surface area contributed by atoms with Gasteiger partial charge in [-0.2, -0.15) is 0 Å². The van der Waals surface area contributed by atoms with Crippen LogP contribution in [0.2, 0.25) is 0 Å². The van der Waals surface area contributed by atoms with Crippen LogP contribution in [0.25, 0.3) is 0 Å². The van der Waals surface area contributed by atoms with Gasteiger partial charge in [-0.15, -0.1) is 0 Å². The standard InChI is InChI=1S/C26H38O3/c1-15-16-8-9-18-25(5)13-10-17-23(2,3)11-7-12-24(17,4)19(25)14-20(27)26(18,6)21(16)22(28)29-15/h15,17-19H,7-14H2,1-6H3. The first kappa shape index (κ1) is 19.8. The van der Waals surface area contributed by atoms with Gasteiger partial charge in [0.2, 0.25) is 0 Å². The normalized spacial score (nSPS) is 51.0. The Morgan fingerprint density at radius 1 is 0.862 bits per heavy atom. The molecule has 0 bridgehead atoms. The topological polar surface area (TPSA) is 43.4 Å². The third-order valence-electron chi connectivity index (χ3n) is 10.8. The SMILES string of the molecule is CC1OC(=O)C2=C1CCC1C2(C)C(=O)CC2C3(C)CCCC(C)(C)C3CCC12C. The van der Waals surface area contributed by atoms with E-state index in [4.69, 9.17) is 4.74 Å². The maximum atomic E-state index is 13.9. The Kier molecular flexibility index (Phi) is 3.94. The fourth-order valence-electron chi connectivity index (χ4n) is 9.55. The van der Waals surface area contributed by atoms with E-state index in [0.29, 0.717) is 29.5 Å². The summed E-state index contributed by atoms with van der Waals surface area (Å²) in [6, 6.07) is 0. The first-order valence-electron chi connectivity index (χ1n) is 11.9. The summed E-state index contributed by atoms with van der Waals surface area (Å²) in [6.07, 6.45) is 8.75. The lowest BCUT2D eigenvalue weighted by molar-refractivity contribution is -0.191. The predicted molar refractivity (Wildman–Crippen MR) is 113 cm³/mol. The molecule has 160 valence electrons. The second-order valence-corrected chi connectivity index (χ2v) is 12.4. The molecule has 7 unspecified atom stereocenters. The van der Waals surface area contributed by atoms with Crippen molar-refractivity contribution in [3.05, 3.63) is 11.1 Å². The van der Waals surface area contributed by atoms with Crippen molar-refractivity contribution in [3.8, 4) is 0 Å². The molecule has 0 aromatic heterocycles. The summed E-state index contributed by atoms with van der Waals surface area (Å²) in [5.41, 5.74) is 1.96. The van der Waals surface area contributed by atoms with Gasteiger partial charge in [0.1, 0.15) is 11.9 Å². The molecule has 5 aliphatic rings. The van der Waals surface area contributed by atoms with Gasteiger partial charge >= 0.3 is 5.97 Å². The van der Waals surface area contributed by atoms with Gasteiger partial charge in [-0.1, -0.05) is 34.1 Å². The van der Waals surface area contributed by atoms with E-state index in [-0.39, 0.29) is 28.8 Å². The highest BCUT2D eigenvalue weighted by atomic mass is 16.5. The van der Waals surface area contributed by atoms with E-state index in [0.717, 1.165) is 24.0 Å². The van der Waals surface area contributed by atoms with Gasteiger partial charge in [-0.3, -0.25) is 4.79 Å². The third-order valence-corrected chi connectivity index (χ3v) is 10.8. The Balaban J connectivity index is 1.62. The Morgan fingerprint density at radius 2 is 1.55 bits per heavy atom. The van der Waals surface area contributed by atoms with Crippen molar-refractivity contribution in [2.75, 3.05) is 0 Å². The molecule has 0 aromatic rings. The Labute approximate surface area is 176 Å². The van der Waals surface area contributed by atoms with Crippen LogP contribution in [0.1, 0.15) is 92.9 Å². The highest BCUT2D eigenvalue weighted by Crippen LogP contribution is 2.72. The Bertz CT molecular complexity index is 822. The van der Waals surface area contributed by atoms with Crippen LogP contribution in [0.5, 0.6) is 0 Å². The molecule has 1 heterocycles. The third kappa shape index (κ3) is 2.26. The second-order valence-electron chi connectivity index (χ2n) is 12.4. The monoisotopic (exact) mass is 398 g/mol. The van der Waals surface area contributed by atoms with E-state index in [9.17, 15) is 9.59 Å². The van der Waals surface area contributed by atoms with Crippen LogP contribution < -0.4 is 0 Å². The minimum atomic E-state index is -0.645. The van der Waals surface area contributed by atoms with E-state index < -0.39 is 5.41 Å². The van der Waals surface area contributed by atoms with Gasteiger partial charge < -0.3 is 4.74 Å². The zero-order valence-corrected chi connectivity index (χ0v) is 19.2. The van der Waals surface area contributed by atoms with Gasteiger partial charge in [-0.25, -0.2) is 4.79 Å². The van der Waals surface area contributed by atoms with Crippen LogP contribution in [0.3, 0.4) is 0 Å². The van der Waals surface area contributed by atoms with E-state index >= 15 is 0 Å². The second kappa shape index (κ2) is 5.77. The van der Waals surface area contributed by atoms with Gasteiger partial charge in [0.15, 0.2) is 0 Å². The average molecular weight is 399 g/mol.